The van der Waals surface area contributed by atoms with Crippen molar-refractivity contribution in [3.05, 3.63) is 64.2 Å². The predicted molar refractivity (Wildman–Crippen MR) is 83.6 cm³/mol. The van der Waals surface area contributed by atoms with Gasteiger partial charge in [-0.15, -0.1) is 0 Å². The second-order valence-corrected chi connectivity index (χ2v) is 5.95. The highest BCUT2D eigenvalue weighted by atomic mass is 79.9. The minimum absolute atomic E-state index is 0.0964. The molecule has 1 nitrogen and oxygen atoms in total. The molecule has 0 N–H and O–H groups in total. The summed E-state index contributed by atoms with van der Waals surface area (Å²) >= 11 is 6.08. The van der Waals surface area contributed by atoms with Crippen molar-refractivity contribution in [2.75, 3.05) is 5.33 Å². The lowest BCUT2D eigenvalue weighted by Gasteiger charge is -2.13. The third-order valence-electron chi connectivity index (χ3n) is 3.09. The fourth-order valence-corrected chi connectivity index (χ4v) is 2.68. The Morgan fingerprint density at radius 1 is 1.40 bits per heavy atom. The number of halogens is 4. The third kappa shape index (κ3) is 2.44. The van der Waals surface area contributed by atoms with Crippen LogP contribution in [0.4, 0.5) is 8.78 Å². The first-order valence-electron chi connectivity index (χ1n) is 5.66. The largest absolute Gasteiger partial charge is 0.299 e. The van der Waals surface area contributed by atoms with Crippen LogP contribution in [0.25, 0.3) is 5.57 Å². The molecule has 0 saturated heterocycles. The molecule has 0 radical (unpaired) electrons. The van der Waals surface area contributed by atoms with Crippen molar-refractivity contribution in [1.82, 2.24) is 0 Å². The van der Waals surface area contributed by atoms with E-state index in [9.17, 15) is 13.6 Å². The maximum atomic E-state index is 14.4. The van der Waals surface area contributed by atoms with Gasteiger partial charge in [0, 0.05) is 21.2 Å². The molecule has 0 unspecified atom stereocenters. The van der Waals surface area contributed by atoms with Gasteiger partial charge in [-0.2, -0.15) is 8.78 Å². The predicted octanol–water partition coefficient (Wildman–Crippen LogP) is 5.22. The van der Waals surface area contributed by atoms with Gasteiger partial charge in [0.1, 0.15) is 0 Å². The quantitative estimate of drug-likeness (QED) is 0.499. The Bertz CT molecular complexity index is 660. The highest BCUT2D eigenvalue weighted by Crippen LogP contribution is 2.52. The van der Waals surface area contributed by atoms with Crippen molar-refractivity contribution in [3.63, 3.8) is 0 Å². The molecule has 1 aromatic rings. The second kappa shape index (κ2) is 5.37. The number of allylic oxidation sites excluding steroid dienone is 4. The van der Waals surface area contributed by atoms with Gasteiger partial charge in [0.15, 0.2) is 5.78 Å². The zero-order valence-electron chi connectivity index (χ0n) is 10.4. The molecule has 1 aliphatic rings. The smallest absolute Gasteiger partial charge is 0.293 e. The summed E-state index contributed by atoms with van der Waals surface area (Å²) in [6, 6.07) is 4.29. The molecule has 104 valence electrons. The van der Waals surface area contributed by atoms with Crippen LogP contribution in [-0.2, 0) is 5.92 Å². The SMILES string of the molecule is C=C(Br)/C=C1\C(=C)c2ccc(C(=O)CBr)cc2C1(F)F. The molecule has 1 aromatic carbocycles. The molecule has 2 rings (SSSR count). The van der Waals surface area contributed by atoms with Crippen molar-refractivity contribution < 1.29 is 13.6 Å². The lowest BCUT2D eigenvalue weighted by atomic mass is 10.0. The van der Waals surface area contributed by atoms with E-state index in [2.05, 4.69) is 45.0 Å². The molecular weight excluding hydrogens is 394 g/mol. The second-order valence-electron chi connectivity index (χ2n) is 4.37. The van der Waals surface area contributed by atoms with Gasteiger partial charge >= 0.3 is 0 Å². The Morgan fingerprint density at radius 2 is 2.05 bits per heavy atom. The number of alkyl halides is 3. The average molecular weight is 404 g/mol. The van der Waals surface area contributed by atoms with Crippen molar-refractivity contribution in [3.8, 4) is 0 Å². The van der Waals surface area contributed by atoms with Crippen LogP contribution >= 0.6 is 31.9 Å². The first-order chi connectivity index (χ1) is 9.28. The fraction of sp³-hybridized carbons (Fsp3) is 0.133. The molecule has 0 bridgehead atoms. The summed E-state index contributed by atoms with van der Waals surface area (Å²) in [5, 5.41) is 0.0964. The van der Waals surface area contributed by atoms with E-state index in [4.69, 9.17) is 0 Å². The van der Waals surface area contributed by atoms with Gasteiger partial charge in [-0.1, -0.05) is 57.2 Å². The van der Waals surface area contributed by atoms with Crippen LogP contribution in [0.2, 0.25) is 0 Å². The minimum atomic E-state index is -3.17. The standard InChI is InChI=1S/C15H10Br2F2O/c1-8(17)5-12-9(2)11-4-3-10(14(20)7-16)6-13(11)15(12,18)19/h3-6H,1-2,7H2/b12-5+. The van der Waals surface area contributed by atoms with Crippen LogP contribution in [0.3, 0.4) is 0 Å². The van der Waals surface area contributed by atoms with Gasteiger partial charge in [0.05, 0.1) is 5.33 Å². The van der Waals surface area contributed by atoms with Crippen LogP contribution in [0, 0.1) is 0 Å². The molecule has 5 heteroatoms. The summed E-state index contributed by atoms with van der Waals surface area (Å²) in [6.07, 6.45) is 1.26. The Labute approximate surface area is 132 Å². The van der Waals surface area contributed by atoms with Crippen LogP contribution in [0.5, 0.6) is 0 Å². The number of rotatable bonds is 3. The Kier molecular flexibility index (Phi) is 4.12. The summed E-state index contributed by atoms with van der Waals surface area (Å²) in [5.74, 6) is -3.41. The first-order valence-corrected chi connectivity index (χ1v) is 7.58. The monoisotopic (exact) mass is 402 g/mol. The first kappa shape index (κ1) is 15.3. The van der Waals surface area contributed by atoms with E-state index in [0.29, 0.717) is 10.0 Å². The number of carbonyl (C=O) groups excluding carboxylic acids is 1. The average Bonchev–Trinajstić information content (AvgIpc) is 2.58. The highest BCUT2D eigenvalue weighted by Gasteiger charge is 2.46. The number of Topliss-reactive ketones (excluding diaryl/α,β-unsaturated/α-hetero) is 1. The van der Waals surface area contributed by atoms with Crippen molar-refractivity contribution in [2.45, 2.75) is 5.92 Å². The van der Waals surface area contributed by atoms with E-state index in [1.807, 2.05) is 0 Å². The summed E-state index contributed by atoms with van der Waals surface area (Å²) < 4.78 is 29.2. The van der Waals surface area contributed by atoms with E-state index in [0.717, 1.165) is 0 Å². The number of fused-ring (bicyclic) bond motifs is 1. The molecular formula is C15H10Br2F2O. The van der Waals surface area contributed by atoms with Gasteiger partial charge in [0.2, 0.25) is 0 Å². The highest BCUT2D eigenvalue weighted by molar-refractivity contribution is 9.11. The molecule has 20 heavy (non-hydrogen) atoms. The Morgan fingerprint density at radius 3 is 2.60 bits per heavy atom. The third-order valence-corrected chi connectivity index (χ3v) is 3.83. The van der Waals surface area contributed by atoms with Crippen LogP contribution in [-0.4, -0.2) is 11.1 Å². The lowest BCUT2D eigenvalue weighted by Crippen LogP contribution is -2.12. The maximum absolute atomic E-state index is 14.4. The zero-order valence-corrected chi connectivity index (χ0v) is 13.5. The van der Waals surface area contributed by atoms with Crippen LogP contribution < -0.4 is 0 Å². The number of hydrogen-bond donors (Lipinski definition) is 0. The van der Waals surface area contributed by atoms with E-state index in [1.165, 1.54) is 24.3 Å². The number of hydrogen-bond acceptors (Lipinski definition) is 1. The van der Waals surface area contributed by atoms with E-state index in [-0.39, 0.29) is 33.4 Å². The lowest BCUT2D eigenvalue weighted by molar-refractivity contribution is 0.0478. The summed E-state index contributed by atoms with van der Waals surface area (Å²) in [6.45, 7) is 7.26. The minimum Gasteiger partial charge on any atom is -0.293 e. The molecule has 1 aliphatic carbocycles. The van der Waals surface area contributed by atoms with Gasteiger partial charge in [-0.05, 0) is 23.3 Å². The molecule has 0 amide bonds. The fourth-order valence-electron chi connectivity index (χ4n) is 2.13. The normalized spacial score (nSPS) is 18.2. The molecule has 0 aliphatic heterocycles. The van der Waals surface area contributed by atoms with E-state index < -0.39 is 5.92 Å². The van der Waals surface area contributed by atoms with Gasteiger partial charge in [-0.25, -0.2) is 0 Å². The topological polar surface area (TPSA) is 17.1 Å². The Balaban J connectivity index is 2.62. The molecule has 0 fully saturated rings. The summed E-state index contributed by atoms with van der Waals surface area (Å²) in [4.78, 5) is 11.6. The molecule has 0 spiro atoms. The van der Waals surface area contributed by atoms with Crippen LogP contribution in [0.1, 0.15) is 21.5 Å². The molecule has 0 saturated carbocycles. The van der Waals surface area contributed by atoms with Crippen molar-refractivity contribution in [2.24, 2.45) is 0 Å². The van der Waals surface area contributed by atoms with E-state index in [1.54, 1.807) is 0 Å². The Hall–Kier alpha value is -1.07. The van der Waals surface area contributed by atoms with Gasteiger partial charge < -0.3 is 0 Å². The van der Waals surface area contributed by atoms with Gasteiger partial charge in [0.25, 0.3) is 5.92 Å². The molecule has 0 aromatic heterocycles. The number of benzene rings is 1. The van der Waals surface area contributed by atoms with Crippen molar-refractivity contribution >= 4 is 43.2 Å². The summed E-state index contributed by atoms with van der Waals surface area (Å²) in [7, 11) is 0. The number of ketones is 1. The maximum Gasteiger partial charge on any atom is 0.299 e. The number of carbonyl (C=O) groups is 1. The molecule has 0 heterocycles. The zero-order chi connectivity index (χ0) is 15.1. The molecule has 0 atom stereocenters. The van der Waals surface area contributed by atoms with Gasteiger partial charge in [-0.3, -0.25) is 4.79 Å². The van der Waals surface area contributed by atoms with E-state index >= 15 is 0 Å². The van der Waals surface area contributed by atoms with Crippen LogP contribution in [0.15, 0.2) is 47.5 Å². The summed E-state index contributed by atoms with van der Waals surface area (Å²) in [5.41, 5.74) is 0.490. The van der Waals surface area contributed by atoms with Crippen molar-refractivity contribution in [1.29, 1.82) is 0 Å².